The van der Waals surface area contributed by atoms with Crippen LogP contribution in [0.2, 0.25) is 0 Å². The van der Waals surface area contributed by atoms with Crippen LogP contribution in [0.25, 0.3) is 0 Å². The predicted octanol–water partition coefficient (Wildman–Crippen LogP) is 10.7. The van der Waals surface area contributed by atoms with Crippen LogP contribution in [0.3, 0.4) is 0 Å². The zero-order valence-electron chi connectivity index (χ0n) is 57.5. The van der Waals surface area contributed by atoms with E-state index in [-0.39, 0.29) is 18.9 Å². The highest BCUT2D eigenvalue weighted by atomic mass is 16.8. The molecule has 3 saturated heterocycles. The van der Waals surface area contributed by atoms with Crippen molar-refractivity contribution in [1.29, 1.82) is 0 Å². The van der Waals surface area contributed by atoms with E-state index in [1.165, 1.54) is 186 Å². The quantitative estimate of drug-likeness (QED) is 0.0199. The first kappa shape index (κ1) is 84.7. The molecule has 0 aliphatic carbocycles. The summed E-state index contributed by atoms with van der Waals surface area (Å²) in [5.74, 6) is -0.288. The molecular formula is C74H133NO18. The summed E-state index contributed by atoms with van der Waals surface area (Å²) in [6, 6.07) is -0.996. The van der Waals surface area contributed by atoms with Crippen LogP contribution in [0.4, 0.5) is 0 Å². The van der Waals surface area contributed by atoms with E-state index in [0.29, 0.717) is 12.8 Å². The molecule has 0 aromatic heterocycles. The SMILES string of the molecule is CCCCC/C=C/CC/C=C/CC/C=C/C(O)C(COC1OC(CO)C(OC2OC(CO)C(OC3OC(CO)C(O)C(O)C3O)C(O)C2O)C(O)C1O)NC(=O)CCCCCCCCCCCCCCCCCCCCCCCCC/C=C\C/C=C\CCCCCCC. The third-order valence-electron chi connectivity index (χ3n) is 18.3. The van der Waals surface area contributed by atoms with E-state index in [1.54, 1.807) is 6.08 Å². The van der Waals surface area contributed by atoms with Gasteiger partial charge in [0.05, 0.1) is 38.6 Å². The number of nitrogens with one attached hydrogen (secondary N) is 1. The van der Waals surface area contributed by atoms with Crippen molar-refractivity contribution in [3.05, 3.63) is 60.8 Å². The van der Waals surface area contributed by atoms with Crippen LogP contribution in [0, 0.1) is 0 Å². The van der Waals surface area contributed by atoms with Crippen molar-refractivity contribution in [2.75, 3.05) is 26.4 Å². The topological polar surface area (TPSA) is 307 Å². The molecule has 3 aliphatic rings. The maximum Gasteiger partial charge on any atom is 0.220 e. The number of carbonyl (C=O) groups excluding carboxylic acids is 1. The number of hydrogen-bond donors (Lipinski definition) is 12. The number of allylic oxidation sites excluding steroid dienone is 9. The van der Waals surface area contributed by atoms with Gasteiger partial charge in [-0.3, -0.25) is 4.79 Å². The van der Waals surface area contributed by atoms with Gasteiger partial charge in [-0.15, -0.1) is 0 Å². The summed E-state index contributed by atoms with van der Waals surface area (Å²) in [5, 5.41) is 120. The Morgan fingerprint density at radius 3 is 1.16 bits per heavy atom. The Kier molecular flexibility index (Phi) is 50.4. The molecule has 17 unspecified atom stereocenters. The largest absolute Gasteiger partial charge is 0.394 e. The summed E-state index contributed by atoms with van der Waals surface area (Å²) >= 11 is 0. The summed E-state index contributed by atoms with van der Waals surface area (Å²) in [5.41, 5.74) is 0. The molecule has 93 heavy (non-hydrogen) atoms. The minimum Gasteiger partial charge on any atom is -0.394 e. The lowest BCUT2D eigenvalue weighted by molar-refractivity contribution is -0.379. The maximum absolute atomic E-state index is 13.4. The second-order valence-corrected chi connectivity index (χ2v) is 26.4. The second kappa shape index (κ2) is 55.4. The molecule has 3 rings (SSSR count). The smallest absolute Gasteiger partial charge is 0.220 e. The van der Waals surface area contributed by atoms with Gasteiger partial charge in [-0.1, -0.05) is 248 Å². The van der Waals surface area contributed by atoms with Crippen molar-refractivity contribution in [2.45, 2.75) is 375 Å². The molecule has 0 spiro atoms. The molecule has 12 N–H and O–H groups in total. The molecule has 19 heteroatoms. The van der Waals surface area contributed by atoms with E-state index in [9.17, 15) is 61.0 Å². The summed E-state index contributed by atoms with van der Waals surface area (Å²) in [6.45, 7) is 1.67. The summed E-state index contributed by atoms with van der Waals surface area (Å²) in [6.07, 6.45) is 42.4. The van der Waals surface area contributed by atoms with Crippen molar-refractivity contribution >= 4 is 5.91 Å². The van der Waals surface area contributed by atoms with Gasteiger partial charge in [0.25, 0.3) is 0 Å². The Labute approximate surface area is 560 Å². The zero-order valence-corrected chi connectivity index (χ0v) is 57.5. The average molecular weight is 1320 g/mol. The number of ether oxygens (including phenoxy) is 6. The Hall–Kier alpha value is -2.51. The van der Waals surface area contributed by atoms with Gasteiger partial charge < -0.3 is 89.9 Å². The molecule has 3 aliphatic heterocycles. The van der Waals surface area contributed by atoms with Gasteiger partial charge in [-0.05, 0) is 77.0 Å². The number of carbonyl (C=O) groups is 1. The molecule has 19 nitrogen and oxygen atoms in total. The van der Waals surface area contributed by atoms with E-state index in [0.717, 1.165) is 51.4 Å². The van der Waals surface area contributed by atoms with E-state index >= 15 is 0 Å². The standard InChI is InChI=1S/C74H133NO18/c1-3-5-7-9-11-13-15-17-18-19-20-21-22-23-24-25-26-27-28-29-30-31-32-33-34-35-36-37-38-40-42-44-46-48-50-52-62(80)75-57(58(79)51-49-47-45-43-41-39-16-14-12-10-8-6-4-2)56-88-72-68(86)65(83)70(60(54-77)90-72)93-74-69(87)66(84)71(61(55-78)91-74)92-73-67(85)64(82)63(81)59(53-76)89-73/h12,14-15,17,19-20,41,43,49,51,57-61,63-74,76-79,81-87H,3-11,13,16,18,21-40,42,44-48,50,52-56H2,1-2H3,(H,75,80)/b14-12+,17-15-,20-19-,43-41+,51-49+. The Morgan fingerprint density at radius 1 is 0.387 bits per heavy atom. The van der Waals surface area contributed by atoms with Gasteiger partial charge in [0, 0.05) is 6.42 Å². The van der Waals surface area contributed by atoms with Gasteiger partial charge >= 0.3 is 0 Å². The predicted molar refractivity (Wildman–Crippen MR) is 365 cm³/mol. The zero-order chi connectivity index (χ0) is 67.5. The van der Waals surface area contributed by atoms with E-state index < -0.39 is 124 Å². The van der Waals surface area contributed by atoms with E-state index in [4.69, 9.17) is 28.4 Å². The highest BCUT2D eigenvalue weighted by Crippen LogP contribution is 2.33. The van der Waals surface area contributed by atoms with Gasteiger partial charge in [0.1, 0.15) is 73.2 Å². The van der Waals surface area contributed by atoms with E-state index in [1.807, 2.05) is 6.08 Å². The third kappa shape index (κ3) is 36.8. The first-order chi connectivity index (χ1) is 45.3. The van der Waals surface area contributed by atoms with Gasteiger partial charge in [-0.25, -0.2) is 0 Å². The molecule has 0 saturated carbocycles. The van der Waals surface area contributed by atoms with Crippen LogP contribution in [-0.4, -0.2) is 193 Å². The summed E-state index contributed by atoms with van der Waals surface area (Å²) < 4.78 is 34.3. The van der Waals surface area contributed by atoms with Crippen LogP contribution in [0.15, 0.2) is 60.8 Å². The molecule has 0 aromatic rings. The second-order valence-electron chi connectivity index (χ2n) is 26.4. The van der Waals surface area contributed by atoms with Gasteiger partial charge in [0.15, 0.2) is 18.9 Å². The number of rotatable bonds is 57. The van der Waals surface area contributed by atoms with Crippen molar-refractivity contribution in [1.82, 2.24) is 5.32 Å². The van der Waals surface area contributed by atoms with Crippen molar-refractivity contribution in [3.63, 3.8) is 0 Å². The van der Waals surface area contributed by atoms with Gasteiger partial charge in [-0.2, -0.15) is 0 Å². The van der Waals surface area contributed by atoms with Crippen molar-refractivity contribution in [2.24, 2.45) is 0 Å². The van der Waals surface area contributed by atoms with Crippen LogP contribution in [-0.2, 0) is 33.2 Å². The van der Waals surface area contributed by atoms with Crippen LogP contribution >= 0.6 is 0 Å². The number of hydrogen-bond acceptors (Lipinski definition) is 18. The molecule has 0 aromatic carbocycles. The van der Waals surface area contributed by atoms with Crippen LogP contribution in [0.1, 0.15) is 271 Å². The first-order valence-corrected chi connectivity index (χ1v) is 37.0. The van der Waals surface area contributed by atoms with Crippen LogP contribution < -0.4 is 5.32 Å². The molecule has 1 amide bonds. The lowest BCUT2D eigenvalue weighted by atomic mass is 9.96. The summed E-state index contributed by atoms with van der Waals surface area (Å²) in [7, 11) is 0. The normalized spacial score (nSPS) is 27.9. The Bertz CT molecular complexity index is 1920. The molecule has 3 heterocycles. The van der Waals surface area contributed by atoms with Crippen molar-refractivity contribution < 1.29 is 89.4 Å². The number of aliphatic hydroxyl groups excluding tert-OH is 11. The lowest BCUT2D eigenvalue weighted by Gasteiger charge is -2.48. The minimum absolute atomic E-state index is 0.233. The van der Waals surface area contributed by atoms with Gasteiger partial charge in [0.2, 0.25) is 5.91 Å². The minimum atomic E-state index is -1.98. The highest BCUT2D eigenvalue weighted by Gasteiger charge is 2.53. The fourth-order valence-corrected chi connectivity index (χ4v) is 12.3. The van der Waals surface area contributed by atoms with Crippen LogP contribution in [0.5, 0.6) is 0 Å². The molecule has 3 fully saturated rings. The Morgan fingerprint density at radius 2 is 0.720 bits per heavy atom. The number of amides is 1. The Balaban J connectivity index is 1.33. The molecule has 0 radical (unpaired) electrons. The fraction of sp³-hybridized carbons (Fsp3) is 0.851. The lowest BCUT2D eigenvalue weighted by Crippen LogP contribution is -2.66. The number of unbranched alkanes of at least 4 members (excludes halogenated alkanes) is 33. The van der Waals surface area contributed by atoms with E-state index in [2.05, 4.69) is 67.8 Å². The number of aliphatic hydroxyl groups is 11. The molecule has 0 bridgehead atoms. The molecule has 542 valence electrons. The molecule has 17 atom stereocenters. The average Bonchev–Trinajstić information content (AvgIpc) is 1.62. The maximum atomic E-state index is 13.4. The first-order valence-electron chi connectivity index (χ1n) is 37.0. The highest BCUT2D eigenvalue weighted by molar-refractivity contribution is 5.76. The third-order valence-corrected chi connectivity index (χ3v) is 18.3. The monoisotopic (exact) mass is 1320 g/mol. The summed E-state index contributed by atoms with van der Waals surface area (Å²) in [4.78, 5) is 13.4. The molecular weight excluding hydrogens is 1190 g/mol. The van der Waals surface area contributed by atoms with Crippen molar-refractivity contribution in [3.8, 4) is 0 Å². The fourth-order valence-electron chi connectivity index (χ4n) is 12.3.